The predicted octanol–water partition coefficient (Wildman–Crippen LogP) is 2.47. The third-order valence-corrected chi connectivity index (χ3v) is 8.85. The molecule has 0 atom stereocenters. The van der Waals surface area contributed by atoms with Gasteiger partial charge < -0.3 is 9.64 Å². The largest absolute Gasteiger partial charge is 0.493 e. The highest BCUT2D eigenvalue weighted by Crippen LogP contribution is 2.33. The number of hydrogen-bond donors (Lipinski definition) is 0. The van der Waals surface area contributed by atoms with E-state index in [4.69, 9.17) is 9.72 Å². The highest BCUT2D eigenvalue weighted by atomic mass is 32.2. The number of nitrogens with zero attached hydrogens (tertiary/aromatic N) is 7. The molecule has 206 valence electrons. The van der Waals surface area contributed by atoms with Crippen LogP contribution in [-0.2, 0) is 23.5 Å². The Labute approximate surface area is 227 Å². The van der Waals surface area contributed by atoms with Crippen LogP contribution in [0, 0.1) is 0 Å². The fourth-order valence-corrected chi connectivity index (χ4v) is 6.18. The van der Waals surface area contributed by atoms with Gasteiger partial charge >= 0.3 is 0 Å². The van der Waals surface area contributed by atoms with Crippen molar-refractivity contribution in [3.63, 3.8) is 0 Å². The van der Waals surface area contributed by atoms with Gasteiger partial charge in [-0.1, -0.05) is 19.9 Å². The third kappa shape index (κ3) is 4.95. The summed E-state index contributed by atoms with van der Waals surface area (Å²) in [7, 11) is -0.163. The van der Waals surface area contributed by atoms with Crippen molar-refractivity contribution in [1.29, 1.82) is 0 Å². The molecule has 1 aliphatic rings. The number of piperazine rings is 1. The molecule has 5 rings (SSSR count). The lowest BCUT2D eigenvalue weighted by molar-refractivity contribution is 0.222. The average Bonchev–Trinajstić information content (AvgIpc) is 3.33. The summed E-state index contributed by atoms with van der Waals surface area (Å²) in [5.41, 5.74) is 1.51. The van der Waals surface area contributed by atoms with Crippen molar-refractivity contribution in [1.82, 2.24) is 33.5 Å². The zero-order chi connectivity index (χ0) is 27.7. The smallest absolute Gasteiger partial charge is 0.281 e. The molecular weight excluding hydrogens is 518 g/mol. The molecule has 0 amide bonds. The van der Waals surface area contributed by atoms with E-state index in [0.717, 1.165) is 12.1 Å². The minimum absolute atomic E-state index is 0.139. The van der Waals surface area contributed by atoms with Gasteiger partial charge in [0.1, 0.15) is 17.1 Å². The van der Waals surface area contributed by atoms with Crippen LogP contribution in [-0.4, -0.2) is 81.8 Å². The van der Waals surface area contributed by atoms with E-state index in [9.17, 15) is 13.2 Å². The Hall–Kier alpha value is -3.61. The van der Waals surface area contributed by atoms with Gasteiger partial charge in [0.2, 0.25) is 10.0 Å². The minimum Gasteiger partial charge on any atom is -0.493 e. The van der Waals surface area contributed by atoms with Gasteiger partial charge in [0.05, 0.1) is 22.8 Å². The number of hydrogen-bond acceptors (Lipinski definition) is 8. The van der Waals surface area contributed by atoms with E-state index in [0.29, 0.717) is 67.7 Å². The lowest BCUT2D eigenvalue weighted by Gasteiger charge is -2.31. The topological polar surface area (TPSA) is 115 Å². The van der Waals surface area contributed by atoms with Gasteiger partial charge in [-0.05, 0) is 50.2 Å². The Kier molecular flexibility index (Phi) is 7.52. The maximum absolute atomic E-state index is 13.6. The van der Waals surface area contributed by atoms with Crippen molar-refractivity contribution in [2.75, 3.05) is 39.8 Å². The molecule has 0 bridgehead atoms. The van der Waals surface area contributed by atoms with Crippen LogP contribution in [0.25, 0.3) is 28.2 Å². The third-order valence-electron chi connectivity index (χ3n) is 6.95. The highest BCUT2D eigenvalue weighted by molar-refractivity contribution is 7.89. The standard InChI is InChI=1S/C27H33N7O4S/c1-5-17-38-22-11-10-19(39(36,37)33-15-13-31(3)14-16-33)18-20(22)26-29-24-21(6-2)34(23-9-7-8-12-28-23)30-25(24)27(35)32(26)4/h7-12,18H,5-6,13-17H2,1-4H3. The van der Waals surface area contributed by atoms with Crippen molar-refractivity contribution in [2.24, 2.45) is 7.05 Å². The lowest BCUT2D eigenvalue weighted by atomic mass is 10.1. The van der Waals surface area contributed by atoms with Crippen LogP contribution in [0.3, 0.4) is 0 Å². The number of sulfonamides is 1. The number of aryl methyl sites for hydroxylation is 1. The Morgan fingerprint density at radius 3 is 2.44 bits per heavy atom. The maximum Gasteiger partial charge on any atom is 0.281 e. The van der Waals surface area contributed by atoms with E-state index in [1.165, 1.54) is 8.87 Å². The summed E-state index contributed by atoms with van der Waals surface area (Å²) in [6, 6.07) is 10.3. The van der Waals surface area contributed by atoms with Crippen molar-refractivity contribution in [2.45, 2.75) is 31.6 Å². The molecule has 1 saturated heterocycles. The van der Waals surface area contributed by atoms with Crippen molar-refractivity contribution in [3.05, 3.63) is 58.6 Å². The zero-order valence-corrected chi connectivity index (χ0v) is 23.5. The molecule has 0 N–H and O–H groups in total. The fourth-order valence-electron chi connectivity index (χ4n) is 4.73. The molecule has 0 radical (unpaired) electrons. The molecule has 0 aliphatic carbocycles. The summed E-state index contributed by atoms with van der Waals surface area (Å²) in [4.78, 5) is 25.1. The van der Waals surface area contributed by atoms with Crippen LogP contribution in [0.15, 0.2) is 52.3 Å². The Morgan fingerprint density at radius 1 is 1.00 bits per heavy atom. The van der Waals surface area contributed by atoms with Crippen LogP contribution in [0.1, 0.15) is 26.0 Å². The number of likely N-dealkylation sites (N-methyl/N-ethyl adjacent to an activating group) is 1. The van der Waals surface area contributed by atoms with Crippen LogP contribution in [0.5, 0.6) is 5.75 Å². The number of aromatic nitrogens is 5. The molecular formula is C27H33N7O4S. The Balaban J connectivity index is 1.70. The van der Waals surface area contributed by atoms with E-state index >= 15 is 0 Å². The highest BCUT2D eigenvalue weighted by Gasteiger charge is 2.29. The van der Waals surface area contributed by atoms with Gasteiger partial charge in [-0.15, -0.1) is 0 Å². The molecule has 1 aliphatic heterocycles. The summed E-state index contributed by atoms with van der Waals surface area (Å²) in [6.45, 7) is 6.55. The van der Waals surface area contributed by atoms with E-state index in [1.54, 1.807) is 36.1 Å². The van der Waals surface area contributed by atoms with E-state index < -0.39 is 10.0 Å². The van der Waals surface area contributed by atoms with E-state index in [1.807, 2.05) is 39.1 Å². The molecule has 1 aromatic carbocycles. The van der Waals surface area contributed by atoms with Gasteiger partial charge in [-0.3, -0.25) is 9.36 Å². The lowest BCUT2D eigenvalue weighted by Crippen LogP contribution is -2.47. The monoisotopic (exact) mass is 551 g/mol. The fraction of sp³-hybridized carbons (Fsp3) is 0.407. The molecule has 0 saturated carbocycles. The molecule has 0 unspecified atom stereocenters. The van der Waals surface area contributed by atoms with Crippen molar-refractivity contribution in [3.8, 4) is 23.0 Å². The minimum atomic E-state index is -3.75. The first-order chi connectivity index (χ1) is 18.8. The van der Waals surface area contributed by atoms with Crippen LogP contribution in [0.4, 0.5) is 0 Å². The summed E-state index contributed by atoms with van der Waals surface area (Å²) < 4.78 is 37.7. The summed E-state index contributed by atoms with van der Waals surface area (Å²) >= 11 is 0. The molecule has 12 heteroatoms. The molecule has 0 spiro atoms. The van der Waals surface area contributed by atoms with Crippen molar-refractivity contribution < 1.29 is 13.2 Å². The number of pyridine rings is 1. The molecule has 1 fully saturated rings. The van der Waals surface area contributed by atoms with Gasteiger partial charge in [0, 0.05) is 39.4 Å². The number of rotatable bonds is 8. The predicted molar refractivity (Wildman–Crippen MR) is 149 cm³/mol. The number of fused-ring (bicyclic) bond motifs is 1. The van der Waals surface area contributed by atoms with E-state index in [-0.39, 0.29) is 16.0 Å². The van der Waals surface area contributed by atoms with Crippen molar-refractivity contribution >= 4 is 21.1 Å². The first-order valence-corrected chi connectivity index (χ1v) is 14.6. The molecule has 4 heterocycles. The summed E-state index contributed by atoms with van der Waals surface area (Å²) in [5, 5.41) is 4.57. The maximum atomic E-state index is 13.6. The second kappa shape index (κ2) is 10.9. The Bertz CT molecular complexity index is 1660. The van der Waals surface area contributed by atoms with Gasteiger partial charge in [0.15, 0.2) is 11.3 Å². The van der Waals surface area contributed by atoms with Crippen LogP contribution in [0.2, 0.25) is 0 Å². The molecule has 11 nitrogen and oxygen atoms in total. The van der Waals surface area contributed by atoms with Gasteiger partial charge in [-0.25, -0.2) is 23.1 Å². The van der Waals surface area contributed by atoms with Gasteiger partial charge in [-0.2, -0.15) is 9.40 Å². The van der Waals surface area contributed by atoms with E-state index in [2.05, 4.69) is 15.0 Å². The zero-order valence-electron chi connectivity index (χ0n) is 22.7. The normalized spacial score (nSPS) is 15.2. The first-order valence-electron chi connectivity index (χ1n) is 13.1. The summed E-state index contributed by atoms with van der Waals surface area (Å²) in [5.74, 6) is 1.36. The quantitative estimate of drug-likeness (QED) is 0.328. The number of ether oxygens (including phenoxy) is 1. The molecule has 39 heavy (non-hydrogen) atoms. The van der Waals surface area contributed by atoms with Crippen LogP contribution >= 0.6 is 0 Å². The molecule has 3 aromatic heterocycles. The Morgan fingerprint density at radius 2 is 1.77 bits per heavy atom. The first kappa shape index (κ1) is 27.0. The number of benzene rings is 1. The van der Waals surface area contributed by atoms with Crippen LogP contribution < -0.4 is 10.3 Å². The summed E-state index contributed by atoms with van der Waals surface area (Å²) in [6.07, 6.45) is 2.99. The molecule has 4 aromatic rings. The average molecular weight is 552 g/mol. The van der Waals surface area contributed by atoms with Gasteiger partial charge in [0.25, 0.3) is 5.56 Å². The second-order valence-electron chi connectivity index (χ2n) is 9.61. The SMILES string of the molecule is CCCOc1ccc(S(=O)(=O)N2CCN(C)CC2)cc1-c1nc2c(CC)n(-c3ccccn3)nc2c(=O)n1C. The second-order valence-corrected chi connectivity index (χ2v) is 11.5.